The topological polar surface area (TPSA) is 101 Å². The quantitative estimate of drug-likeness (QED) is 0.681. The lowest BCUT2D eigenvalue weighted by molar-refractivity contribution is -0.130. The van der Waals surface area contributed by atoms with Crippen molar-refractivity contribution in [3.63, 3.8) is 0 Å². The Balaban J connectivity index is 2.82. The number of amides is 3. The molecule has 0 aliphatic carbocycles. The summed E-state index contributed by atoms with van der Waals surface area (Å²) in [6, 6.07) is 3.95. The lowest BCUT2D eigenvalue weighted by Crippen LogP contribution is -2.52. The van der Waals surface area contributed by atoms with Crippen LogP contribution in [0.4, 0.5) is 4.39 Å². The van der Waals surface area contributed by atoms with Crippen molar-refractivity contribution in [2.24, 2.45) is 5.73 Å². The molecular formula is C14H18FN3O3. The summed E-state index contributed by atoms with van der Waals surface area (Å²) in [5, 5.41) is 4.86. The zero-order valence-corrected chi connectivity index (χ0v) is 11.9. The molecule has 1 rings (SSSR count). The van der Waals surface area contributed by atoms with E-state index in [2.05, 4.69) is 10.6 Å². The number of rotatable bonds is 6. The van der Waals surface area contributed by atoms with Gasteiger partial charge in [0.25, 0.3) is 0 Å². The van der Waals surface area contributed by atoms with Crippen LogP contribution in [0.1, 0.15) is 19.4 Å². The minimum atomic E-state index is -0.911. The van der Waals surface area contributed by atoms with Crippen LogP contribution in [0.3, 0.4) is 0 Å². The summed E-state index contributed by atoms with van der Waals surface area (Å²) in [5.74, 6) is -2.07. The van der Waals surface area contributed by atoms with Crippen LogP contribution in [0, 0.1) is 5.82 Å². The van der Waals surface area contributed by atoms with E-state index in [9.17, 15) is 18.8 Å². The molecule has 0 aromatic heterocycles. The molecule has 0 spiro atoms. The second-order valence-corrected chi connectivity index (χ2v) is 4.72. The van der Waals surface area contributed by atoms with Crippen LogP contribution in [0.15, 0.2) is 24.3 Å². The van der Waals surface area contributed by atoms with E-state index in [1.807, 2.05) is 0 Å². The molecule has 3 amide bonds. The average Bonchev–Trinajstić information content (AvgIpc) is 2.37. The molecule has 4 N–H and O–H groups in total. The van der Waals surface area contributed by atoms with Crippen molar-refractivity contribution >= 4 is 17.7 Å². The summed E-state index contributed by atoms with van der Waals surface area (Å²) in [6.45, 7) is 2.70. The molecule has 0 radical (unpaired) electrons. The van der Waals surface area contributed by atoms with Crippen molar-refractivity contribution < 1.29 is 18.8 Å². The van der Waals surface area contributed by atoms with Crippen LogP contribution < -0.4 is 16.4 Å². The molecule has 1 aromatic rings. The van der Waals surface area contributed by atoms with Gasteiger partial charge >= 0.3 is 0 Å². The molecule has 0 aliphatic heterocycles. The zero-order valence-electron chi connectivity index (χ0n) is 11.9. The van der Waals surface area contributed by atoms with E-state index in [4.69, 9.17) is 5.73 Å². The number of nitrogens with one attached hydrogen (secondary N) is 2. The van der Waals surface area contributed by atoms with E-state index in [-0.39, 0.29) is 6.42 Å². The second kappa shape index (κ2) is 7.37. The Hall–Kier alpha value is -2.44. The normalized spacial score (nSPS) is 13.1. The highest BCUT2D eigenvalue weighted by Gasteiger charge is 2.23. The molecule has 7 heteroatoms. The fourth-order valence-corrected chi connectivity index (χ4v) is 1.74. The number of hydrogen-bond acceptors (Lipinski definition) is 3. The summed E-state index contributed by atoms with van der Waals surface area (Å²) < 4.78 is 13.1. The van der Waals surface area contributed by atoms with Gasteiger partial charge in [-0.3, -0.25) is 14.4 Å². The van der Waals surface area contributed by atoms with E-state index in [1.165, 1.54) is 32.0 Å². The monoisotopic (exact) mass is 295 g/mol. The first-order valence-corrected chi connectivity index (χ1v) is 6.41. The zero-order chi connectivity index (χ0) is 16.0. The summed E-state index contributed by atoms with van der Waals surface area (Å²) >= 11 is 0. The molecule has 2 atom stereocenters. The van der Waals surface area contributed by atoms with E-state index >= 15 is 0 Å². The first-order chi connectivity index (χ1) is 9.79. The predicted molar refractivity (Wildman–Crippen MR) is 74.5 cm³/mol. The van der Waals surface area contributed by atoms with E-state index < -0.39 is 35.6 Å². The summed E-state index contributed by atoms with van der Waals surface area (Å²) in [7, 11) is 0. The first-order valence-electron chi connectivity index (χ1n) is 6.41. The third kappa shape index (κ3) is 5.60. The van der Waals surface area contributed by atoms with Gasteiger partial charge in [-0.1, -0.05) is 12.1 Å². The highest BCUT2D eigenvalue weighted by molar-refractivity contribution is 5.91. The number of carbonyl (C=O) groups is 3. The molecule has 1 aromatic carbocycles. The van der Waals surface area contributed by atoms with Crippen LogP contribution in [-0.4, -0.2) is 29.8 Å². The molecule has 0 bridgehead atoms. The Bertz CT molecular complexity index is 548. The number of nitrogens with two attached hydrogens (primary N) is 1. The Kier molecular flexibility index (Phi) is 5.83. The van der Waals surface area contributed by atoms with Crippen molar-refractivity contribution in [2.45, 2.75) is 32.4 Å². The maximum absolute atomic E-state index is 13.1. The standard InChI is InChI=1S/C14H18FN3O3/c1-8(13(16)20)17-14(21)12(18-9(2)19)7-10-4-3-5-11(15)6-10/h3-6,8,12H,7H2,1-2H3,(H2,16,20)(H,17,21)(H,18,19)/t8-,12-/m1/s1. The van der Waals surface area contributed by atoms with Gasteiger partial charge in [-0.05, 0) is 24.6 Å². The van der Waals surface area contributed by atoms with Gasteiger partial charge in [-0.25, -0.2) is 4.39 Å². The smallest absolute Gasteiger partial charge is 0.243 e. The van der Waals surface area contributed by atoms with E-state index in [1.54, 1.807) is 6.07 Å². The fourth-order valence-electron chi connectivity index (χ4n) is 1.74. The molecule has 0 unspecified atom stereocenters. The summed E-state index contributed by atoms with van der Waals surface area (Å²) in [5.41, 5.74) is 5.62. The largest absolute Gasteiger partial charge is 0.368 e. The van der Waals surface area contributed by atoms with Crippen LogP contribution in [0.25, 0.3) is 0 Å². The second-order valence-electron chi connectivity index (χ2n) is 4.72. The number of halogens is 1. The fraction of sp³-hybridized carbons (Fsp3) is 0.357. The van der Waals surface area contributed by atoms with Gasteiger partial charge in [0.1, 0.15) is 17.9 Å². The minimum absolute atomic E-state index is 0.106. The predicted octanol–water partition coefficient (Wildman–Crippen LogP) is -0.137. The van der Waals surface area contributed by atoms with Gasteiger partial charge in [0.05, 0.1) is 0 Å². The number of hydrogen-bond donors (Lipinski definition) is 3. The van der Waals surface area contributed by atoms with Gasteiger partial charge < -0.3 is 16.4 Å². The Morgan fingerprint density at radius 3 is 2.48 bits per heavy atom. The molecule has 0 saturated heterocycles. The average molecular weight is 295 g/mol. The molecule has 6 nitrogen and oxygen atoms in total. The van der Waals surface area contributed by atoms with Crippen LogP contribution in [-0.2, 0) is 20.8 Å². The van der Waals surface area contributed by atoms with Gasteiger partial charge in [-0.15, -0.1) is 0 Å². The van der Waals surface area contributed by atoms with Crippen molar-refractivity contribution in [3.05, 3.63) is 35.6 Å². The molecule has 0 saturated carbocycles. The lowest BCUT2D eigenvalue weighted by Gasteiger charge is -2.19. The molecule has 114 valence electrons. The summed E-state index contributed by atoms with van der Waals surface area (Å²) in [4.78, 5) is 34.2. The third-order valence-electron chi connectivity index (χ3n) is 2.81. The molecule has 0 heterocycles. The number of benzene rings is 1. The molecule has 0 aliphatic rings. The highest BCUT2D eigenvalue weighted by atomic mass is 19.1. The van der Waals surface area contributed by atoms with Crippen molar-refractivity contribution in [2.75, 3.05) is 0 Å². The van der Waals surface area contributed by atoms with E-state index in [0.717, 1.165) is 0 Å². The third-order valence-corrected chi connectivity index (χ3v) is 2.81. The maximum Gasteiger partial charge on any atom is 0.243 e. The van der Waals surface area contributed by atoms with Gasteiger partial charge in [0, 0.05) is 13.3 Å². The SMILES string of the molecule is CC(=O)N[C@H](Cc1cccc(F)c1)C(=O)N[C@H](C)C(N)=O. The Labute approximate surface area is 121 Å². The first kappa shape index (κ1) is 16.6. The number of primary amides is 1. The van der Waals surface area contributed by atoms with Crippen LogP contribution in [0.5, 0.6) is 0 Å². The summed E-state index contributed by atoms with van der Waals surface area (Å²) in [6.07, 6.45) is 0.106. The van der Waals surface area contributed by atoms with E-state index in [0.29, 0.717) is 5.56 Å². The Morgan fingerprint density at radius 2 is 1.95 bits per heavy atom. The van der Waals surface area contributed by atoms with Crippen molar-refractivity contribution in [1.82, 2.24) is 10.6 Å². The number of carbonyl (C=O) groups excluding carboxylic acids is 3. The molecule has 21 heavy (non-hydrogen) atoms. The minimum Gasteiger partial charge on any atom is -0.368 e. The van der Waals surface area contributed by atoms with Gasteiger partial charge in [0.15, 0.2) is 0 Å². The van der Waals surface area contributed by atoms with Gasteiger partial charge in [0.2, 0.25) is 17.7 Å². The highest BCUT2D eigenvalue weighted by Crippen LogP contribution is 2.07. The van der Waals surface area contributed by atoms with Crippen molar-refractivity contribution in [1.29, 1.82) is 0 Å². The van der Waals surface area contributed by atoms with Crippen LogP contribution in [0.2, 0.25) is 0 Å². The van der Waals surface area contributed by atoms with Crippen molar-refractivity contribution in [3.8, 4) is 0 Å². The Morgan fingerprint density at radius 1 is 1.29 bits per heavy atom. The van der Waals surface area contributed by atoms with Gasteiger partial charge in [-0.2, -0.15) is 0 Å². The van der Waals surface area contributed by atoms with Crippen LogP contribution >= 0.6 is 0 Å². The molecular weight excluding hydrogens is 277 g/mol. The lowest BCUT2D eigenvalue weighted by atomic mass is 10.0. The maximum atomic E-state index is 13.1. The molecule has 0 fully saturated rings.